The highest BCUT2D eigenvalue weighted by Crippen LogP contribution is 2.16. The zero-order valence-corrected chi connectivity index (χ0v) is 10.9. The largest absolute Gasteiger partial charge is 0.497 e. The highest BCUT2D eigenvalue weighted by atomic mass is 16.5. The summed E-state index contributed by atoms with van der Waals surface area (Å²) in [5, 5.41) is 2.76. The molecule has 0 bridgehead atoms. The second-order valence-corrected chi connectivity index (χ2v) is 3.89. The average molecular weight is 253 g/mol. The van der Waals surface area contributed by atoms with E-state index in [0.29, 0.717) is 6.61 Å². The molecule has 0 aliphatic heterocycles. The van der Waals surface area contributed by atoms with Crippen LogP contribution in [0.25, 0.3) is 0 Å². The van der Waals surface area contributed by atoms with Crippen molar-refractivity contribution in [2.75, 3.05) is 27.4 Å². The minimum absolute atomic E-state index is 0.0624. The van der Waals surface area contributed by atoms with E-state index >= 15 is 0 Å². The number of carbonyl (C=O) groups excluding carboxylic acids is 1. The van der Waals surface area contributed by atoms with Crippen LogP contribution in [0.1, 0.15) is 6.92 Å². The molecule has 0 aromatic heterocycles. The van der Waals surface area contributed by atoms with Crippen LogP contribution in [0.4, 0.5) is 0 Å². The molecule has 1 atom stereocenters. The first-order chi connectivity index (χ1) is 8.65. The molecule has 0 fully saturated rings. The third-order valence-corrected chi connectivity index (χ3v) is 2.24. The predicted molar refractivity (Wildman–Crippen MR) is 68.0 cm³/mol. The minimum atomic E-state index is -0.150. The Balaban J connectivity index is 2.32. The van der Waals surface area contributed by atoms with Gasteiger partial charge in [-0.25, -0.2) is 0 Å². The molecule has 1 N–H and O–H groups in total. The molecule has 1 aromatic carbocycles. The van der Waals surface area contributed by atoms with Gasteiger partial charge in [0.05, 0.1) is 13.2 Å². The molecule has 100 valence electrons. The number of amides is 1. The first kappa shape index (κ1) is 14.3. The number of benzene rings is 1. The number of carbonyl (C=O) groups is 1. The molecule has 0 radical (unpaired) electrons. The van der Waals surface area contributed by atoms with Gasteiger partial charge in [0.2, 0.25) is 5.91 Å². The zero-order valence-electron chi connectivity index (χ0n) is 10.9. The van der Waals surface area contributed by atoms with Crippen molar-refractivity contribution in [1.82, 2.24) is 5.32 Å². The summed E-state index contributed by atoms with van der Waals surface area (Å²) in [6, 6.07) is 7.22. The maximum absolute atomic E-state index is 11.2. The molecule has 0 aliphatic rings. The molecule has 0 saturated carbocycles. The summed E-state index contributed by atoms with van der Waals surface area (Å²) in [6.45, 7) is 2.34. The summed E-state index contributed by atoms with van der Waals surface area (Å²) in [7, 11) is 3.10. The second kappa shape index (κ2) is 7.55. The molecule has 0 spiro atoms. The van der Waals surface area contributed by atoms with Crippen LogP contribution in [-0.2, 0) is 9.53 Å². The molecule has 5 nitrogen and oxygen atoms in total. The van der Waals surface area contributed by atoms with Crippen molar-refractivity contribution in [2.24, 2.45) is 0 Å². The lowest BCUT2D eigenvalue weighted by atomic mass is 10.3. The van der Waals surface area contributed by atoms with E-state index in [9.17, 15) is 4.79 Å². The van der Waals surface area contributed by atoms with Crippen LogP contribution >= 0.6 is 0 Å². The van der Waals surface area contributed by atoms with E-state index in [1.165, 1.54) is 7.11 Å². The lowest BCUT2D eigenvalue weighted by Gasteiger charge is -2.14. The van der Waals surface area contributed by atoms with Crippen LogP contribution in [0.15, 0.2) is 24.3 Å². The van der Waals surface area contributed by atoms with Crippen molar-refractivity contribution in [1.29, 1.82) is 0 Å². The Morgan fingerprint density at radius 3 is 2.39 bits per heavy atom. The van der Waals surface area contributed by atoms with Crippen molar-refractivity contribution in [3.8, 4) is 11.5 Å². The van der Waals surface area contributed by atoms with Gasteiger partial charge in [-0.15, -0.1) is 0 Å². The lowest BCUT2D eigenvalue weighted by Crippen LogP contribution is -2.38. The molecule has 1 amide bonds. The molecular formula is C13H19NO4. The van der Waals surface area contributed by atoms with Gasteiger partial charge < -0.3 is 19.5 Å². The third kappa shape index (κ3) is 5.05. The third-order valence-electron chi connectivity index (χ3n) is 2.24. The first-order valence-corrected chi connectivity index (χ1v) is 5.71. The number of methoxy groups -OCH3 is 2. The number of ether oxygens (including phenoxy) is 3. The van der Waals surface area contributed by atoms with Gasteiger partial charge in [0.25, 0.3) is 0 Å². The van der Waals surface area contributed by atoms with Crippen molar-refractivity contribution in [3.05, 3.63) is 24.3 Å². The first-order valence-electron chi connectivity index (χ1n) is 5.71. The number of hydrogen-bond donors (Lipinski definition) is 1. The van der Waals surface area contributed by atoms with Gasteiger partial charge in [0.1, 0.15) is 24.7 Å². The van der Waals surface area contributed by atoms with E-state index in [1.54, 1.807) is 7.11 Å². The molecule has 1 aromatic rings. The van der Waals surface area contributed by atoms with Gasteiger partial charge in [-0.3, -0.25) is 4.79 Å². The van der Waals surface area contributed by atoms with Crippen molar-refractivity contribution < 1.29 is 19.0 Å². The van der Waals surface area contributed by atoms with Crippen LogP contribution in [0, 0.1) is 0 Å². The zero-order chi connectivity index (χ0) is 13.4. The fraction of sp³-hybridized carbons (Fsp3) is 0.462. The lowest BCUT2D eigenvalue weighted by molar-refractivity contribution is -0.125. The second-order valence-electron chi connectivity index (χ2n) is 3.89. The maximum Gasteiger partial charge on any atom is 0.246 e. The van der Waals surface area contributed by atoms with Gasteiger partial charge in [-0.2, -0.15) is 0 Å². The number of hydrogen-bond acceptors (Lipinski definition) is 4. The maximum atomic E-state index is 11.2. The molecule has 0 unspecified atom stereocenters. The number of rotatable bonds is 7. The fourth-order valence-electron chi connectivity index (χ4n) is 1.38. The predicted octanol–water partition coefficient (Wildman–Crippen LogP) is 1.23. The SMILES string of the molecule is COCC(=O)N[C@H](C)COc1ccc(OC)cc1. The standard InChI is InChI=1S/C13H19NO4/c1-10(14-13(15)9-16-2)8-18-12-6-4-11(17-3)5-7-12/h4-7,10H,8-9H2,1-3H3,(H,14,15)/t10-/m1/s1. The molecule has 5 heteroatoms. The van der Waals surface area contributed by atoms with Crippen LogP contribution in [0.5, 0.6) is 11.5 Å². The minimum Gasteiger partial charge on any atom is -0.497 e. The molecule has 0 saturated heterocycles. The van der Waals surface area contributed by atoms with Crippen LogP contribution < -0.4 is 14.8 Å². The monoisotopic (exact) mass is 253 g/mol. The quantitative estimate of drug-likeness (QED) is 0.794. The summed E-state index contributed by atoms with van der Waals surface area (Å²) < 4.78 is 15.3. The van der Waals surface area contributed by atoms with Crippen LogP contribution in [0.3, 0.4) is 0 Å². The van der Waals surface area contributed by atoms with Gasteiger partial charge in [0, 0.05) is 7.11 Å². The van der Waals surface area contributed by atoms with Gasteiger partial charge in [-0.1, -0.05) is 0 Å². The van der Waals surface area contributed by atoms with E-state index in [1.807, 2.05) is 31.2 Å². The summed E-state index contributed by atoms with van der Waals surface area (Å²) in [5.41, 5.74) is 0. The fourth-order valence-corrected chi connectivity index (χ4v) is 1.38. The molecule has 0 heterocycles. The average Bonchev–Trinajstić information content (AvgIpc) is 2.37. The molecule has 1 rings (SSSR count). The highest BCUT2D eigenvalue weighted by molar-refractivity contribution is 5.77. The summed E-state index contributed by atoms with van der Waals surface area (Å²) in [5.74, 6) is 1.37. The van der Waals surface area contributed by atoms with Gasteiger partial charge in [0.15, 0.2) is 0 Å². The Morgan fingerprint density at radius 1 is 1.22 bits per heavy atom. The van der Waals surface area contributed by atoms with E-state index in [4.69, 9.17) is 14.2 Å². The van der Waals surface area contributed by atoms with Gasteiger partial charge in [-0.05, 0) is 31.2 Å². The Morgan fingerprint density at radius 2 is 1.83 bits per heavy atom. The van der Waals surface area contributed by atoms with E-state index in [-0.39, 0.29) is 18.6 Å². The van der Waals surface area contributed by atoms with Crippen molar-refractivity contribution in [3.63, 3.8) is 0 Å². The summed E-state index contributed by atoms with van der Waals surface area (Å²) in [6.07, 6.45) is 0. The smallest absolute Gasteiger partial charge is 0.246 e. The van der Waals surface area contributed by atoms with Crippen molar-refractivity contribution >= 4 is 5.91 Å². The Bertz CT molecular complexity index is 364. The summed E-state index contributed by atoms with van der Waals surface area (Å²) in [4.78, 5) is 11.2. The summed E-state index contributed by atoms with van der Waals surface area (Å²) >= 11 is 0. The Labute approximate surface area is 107 Å². The Hall–Kier alpha value is -1.75. The molecule has 0 aliphatic carbocycles. The topological polar surface area (TPSA) is 56.8 Å². The highest BCUT2D eigenvalue weighted by Gasteiger charge is 2.07. The van der Waals surface area contributed by atoms with Gasteiger partial charge >= 0.3 is 0 Å². The number of nitrogens with one attached hydrogen (secondary N) is 1. The molecular weight excluding hydrogens is 234 g/mol. The Kier molecular flexibility index (Phi) is 6.00. The van der Waals surface area contributed by atoms with E-state index in [2.05, 4.69) is 5.32 Å². The van der Waals surface area contributed by atoms with Crippen molar-refractivity contribution in [2.45, 2.75) is 13.0 Å². The molecule has 18 heavy (non-hydrogen) atoms. The van der Waals surface area contributed by atoms with E-state index in [0.717, 1.165) is 11.5 Å². The van der Waals surface area contributed by atoms with E-state index < -0.39 is 0 Å². The van der Waals surface area contributed by atoms with Crippen LogP contribution in [0.2, 0.25) is 0 Å². The normalized spacial score (nSPS) is 11.7. The van der Waals surface area contributed by atoms with Crippen LogP contribution in [-0.4, -0.2) is 39.4 Å².